The van der Waals surface area contributed by atoms with Crippen LogP contribution in [0.2, 0.25) is 0 Å². The zero-order chi connectivity index (χ0) is 8.97. The van der Waals surface area contributed by atoms with Crippen molar-refractivity contribution in [1.82, 2.24) is 9.97 Å². The largest absolute Gasteiger partial charge is 0.373 e. The molecule has 0 fully saturated rings. The minimum atomic E-state index is 0.631. The standard InChI is InChI=1S/C7H13N5/c1-3-5-10-6(9-2)4-7(11-5)12-8/h4H,3,8H2,1-2H3,(H2,9,10,11,12). The van der Waals surface area contributed by atoms with Gasteiger partial charge in [0.2, 0.25) is 0 Å². The van der Waals surface area contributed by atoms with Gasteiger partial charge in [0.05, 0.1) is 0 Å². The fourth-order valence-corrected chi connectivity index (χ4v) is 0.857. The normalized spacial score (nSPS) is 9.58. The summed E-state index contributed by atoms with van der Waals surface area (Å²) in [4.78, 5) is 8.33. The fourth-order valence-electron chi connectivity index (χ4n) is 0.857. The summed E-state index contributed by atoms with van der Waals surface area (Å²) in [5, 5.41) is 2.93. The molecule has 5 nitrogen and oxygen atoms in total. The first-order valence-electron chi connectivity index (χ1n) is 3.82. The van der Waals surface area contributed by atoms with Crippen LogP contribution < -0.4 is 16.6 Å². The van der Waals surface area contributed by atoms with E-state index >= 15 is 0 Å². The van der Waals surface area contributed by atoms with Crippen molar-refractivity contribution in [3.05, 3.63) is 11.9 Å². The SMILES string of the molecule is CCc1nc(NC)cc(NN)n1. The number of nitrogen functional groups attached to an aromatic ring is 1. The number of nitrogens with one attached hydrogen (secondary N) is 2. The summed E-state index contributed by atoms with van der Waals surface area (Å²) in [7, 11) is 1.81. The molecule has 1 aromatic rings. The summed E-state index contributed by atoms with van der Waals surface area (Å²) in [6.07, 6.45) is 0.796. The minimum Gasteiger partial charge on any atom is -0.373 e. The lowest BCUT2D eigenvalue weighted by Gasteiger charge is -2.04. The van der Waals surface area contributed by atoms with Crippen LogP contribution in [0.1, 0.15) is 12.7 Å². The van der Waals surface area contributed by atoms with Gasteiger partial charge in [-0.2, -0.15) is 0 Å². The van der Waals surface area contributed by atoms with Gasteiger partial charge in [-0.25, -0.2) is 15.8 Å². The number of hydrogen-bond acceptors (Lipinski definition) is 5. The summed E-state index contributed by atoms with van der Waals surface area (Å²) in [5.41, 5.74) is 2.49. The maximum Gasteiger partial charge on any atom is 0.145 e. The quantitative estimate of drug-likeness (QED) is 0.448. The van der Waals surface area contributed by atoms with Gasteiger partial charge in [-0.15, -0.1) is 0 Å². The van der Waals surface area contributed by atoms with E-state index in [1.54, 1.807) is 6.07 Å². The van der Waals surface area contributed by atoms with Crippen molar-refractivity contribution >= 4 is 11.6 Å². The molecule has 0 spiro atoms. The van der Waals surface area contributed by atoms with Gasteiger partial charge in [0.15, 0.2) is 0 Å². The van der Waals surface area contributed by atoms with E-state index in [2.05, 4.69) is 20.7 Å². The zero-order valence-electron chi connectivity index (χ0n) is 7.26. The molecule has 1 rings (SSSR count). The molecule has 5 heteroatoms. The molecule has 0 aliphatic rings. The third kappa shape index (κ3) is 1.82. The smallest absolute Gasteiger partial charge is 0.145 e. The average Bonchev–Trinajstić information content (AvgIpc) is 2.16. The van der Waals surface area contributed by atoms with Gasteiger partial charge in [0.1, 0.15) is 17.5 Å². The Morgan fingerprint density at radius 2 is 2.08 bits per heavy atom. The summed E-state index contributed by atoms with van der Waals surface area (Å²) in [5.74, 6) is 7.41. The molecular weight excluding hydrogens is 154 g/mol. The monoisotopic (exact) mass is 167 g/mol. The van der Waals surface area contributed by atoms with Gasteiger partial charge in [-0.1, -0.05) is 6.92 Å². The van der Waals surface area contributed by atoms with Crippen LogP contribution in [0, 0.1) is 0 Å². The lowest BCUT2D eigenvalue weighted by Crippen LogP contribution is -2.11. The number of aryl methyl sites for hydroxylation is 1. The highest BCUT2D eigenvalue weighted by Crippen LogP contribution is 2.09. The Bertz CT molecular complexity index is 205. The zero-order valence-corrected chi connectivity index (χ0v) is 7.26. The molecule has 0 saturated heterocycles. The van der Waals surface area contributed by atoms with E-state index in [4.69, 9.17) is 5.84 Å². The number of anilines is 2. The van der Waals surface area contributed by atoms with Gasteiger partial charge < -0.3 is 10.7 Å². The average molecular weight is 167 g/mol. The number of nitrogens with zero attached hydrogens (tertiary/aromatic N) is 2. The number of hydrazine groups is 1. The van der Waals surface area contributed by atoms with Gasteiger partial charge in [0, 0.05) is 19.5 Å². The van der Waals surface area contributed by atoms with Crippen LogP contribution in [0.25, 0.3) is 0 Å². The van der Waals surface area contributed by atoms with Crippen LogP contribution in [0.4, 0.5) is 11.6 Å². The minimum absolute atomic E-state index is 0.631. The van der Waals surface area contributed by atoms with E-state index in [-0.39, 0.29) is 0 Å². The van der Waals surface area contributed by atoms with Crippen LogP contribution >= 0.6 is 0 Å². The van der Waals surface area contributed by atoms with E-state index in [0.29, 0.717) is 5.82 Å². The Morgan fingerprint density at radius 1 is 1.42 bits per heavy atom. The Kier molecular flexibility index (Phi) is 2.82. The molecule has 0 aromatic carbocycles. The molecule has 66 valence electrons. The molecule has 0 aliphatic carbocycles. The summed E-state index contributed by atoms with van der Waals surface area (Å²) in [6, 6.07) is 1.75. The predicted molar refractivity (Wildman–Crippen MR) is 48.8 cm³/mol. The summed E-state index contributed by atoms with van der Waals surface area (Å²) >= 11 is 0. The third-order valence-electron chi connectivity index (χ3n) is 1.49. The van der Waals surface area contributed by atoms with Crippen LogP contribution in [0.5, 0.6) is 0 Å². The second-order valence-corrected chi connectivity index (χ2v) is 2.30. The van der Waals surface area contributed by atoms with Gasteiger partial charge >= 0.3 is 0 Å². The number of hydrogen-bond donors (Lipinski definition) is 3. The van der Waals surface area contributed by atoms with Gasteiger partial charge in [-0.3, -0.25) is 0 Å². The van der Waals surface area contributed by atoms with Crippen molar-refractivity contribution in [1.29, 1.82) is 0 Å². The first-order chi connectivity index (χ1) is 5.80. The van der Waals surface area contributed by atoms with Crippen LogP contribution in [-0.2, 0) is 6.42 Å². The van der Waals surface area contributed by atoms with E-state index in [1.807, 2.05) is 14.0 Å². The maximum absolute atomic E-state index is 5.23. The second-order valence-electron chi connectivity index (χ2n) is 2.30. The van der Waals surface area contributed by atoms with E-state index in [9.17, 15) is 0 Å². The van der Waals surface area contributed by atoms with Crippen molar-refractivity contribution in [2.45, 2.75) is 13.3 Å². The molecule has 0 bridgehead atoms. The number of nitrogens with two attached hydrogens (primary N) is 1. The number of rotatable bonds is 3. The predicted octanol–water partition coefficient (Wildman–Crippen LogP) is 0.366. The number of aromatic nitrogens is 2. The van der Waals surface area contributed by atoms with Crippen molar-refractivity contribution in [2.75, 3.05) is 17.8 Å². The molecule has 4 N–H and O–H groups in total. The third-order valence-corrected chi connectivity index (χ3v) is 1.49. The molecule has 1 heterocycles. The van der Waals surface area contributed by atoms with E-state index < -0.39 is 0 Å². The molecule has 12 heavy (non-hydrogen) atoms. The molecule has 0 unspecified atom stereocenters. The first kappa shape index (κ1) is 8.73. The lowest BCUT2D eigenvalue weighted by molar-refractivity contribution is 0.939. The molecule has 0 aliphatic heterocycles. The molecule has 0 atom stereocenters. The van der Waals surface area contributed by atoms with Crippen LogP contribution in [0.15, 0.2) is 6.07 Å². The Morgan fingerprint density at radius 3 is 2.58 bits per heavy atom. The molecule has 0 saturated carbocycles. The van der Waals surface area contributed by atoms with E-state index in [0.717, 1.165) is 18.1 Å². The second kappa shape index (κ2) is 3.87. The van der Waals surface area contributed by atoms with Crippen LogP contribution in [-0.4, -0.2) is 17.0 Å². The molecule has 1 aromatic heterocycles. The van der Waals surface area contributed by atoms with Crippen molar-refractivity contribution in [3.63, 3.8) is 0 Å². The maximum atomic E-state index is 5.23. The highest BCUT2D eigenvalue weighted by Gasteiger charge is 1.99. The van der Waals surface area contributed by atoms with Crippen molar-refractivity contribution in [2.24, 2.45) is 5.84 Å². The lowest BCUT2D eigenvalue weighted by atomic mass is 10.4. The Hall–Kier alpha value is -1.36. The van der Waals surface area contributed by atoms with Gasteiger partial charge in [0.25, 0.3) is 0 Å². The van der Waals surface area contributed by atoms with Crippen molar-refractivity contribution in [3.8, 4) is 0 Å². The Labute approximate surface area is 71.4 Å². The Balaban J connectivity index is 3.01. The fraction of sp³-hybridized carbons (Fsp3) is 0.429. The summed E-state index contributed by atoms with van der Waals surface area (Å²) in [6.45, 7) is 2.00. The summed E-state index contributed by atoms with van der Waals surface area (Å²) < 4.78 is 0. The highest BCUT2D eigenvalue weighted by atomic mass is 15.3. The molecule has 0 amide bonds. The first-order valence-corrected chi connectivity index (χ1v) is 3.82. The van der Waals surface area contributed by atoms with Crippen LogP contribution in [0.3, 0.4) is 0 Å². The highest BCUT2D eigenvalue weighted by molar-refractivity contribution is 5.46. The van der Waals surface area contributed by atoms with Gasteiger partial charge in [-0.05, 0) is 0 Å². The topological polar surface area (TPSA) is 75.9 Å². The molecular formula is C7H13N5. The van der Waals surface area contributed by atoms with E-state index in [1.165, 1.54) is 0 Å². The molecule has 0 radical (unpaired) electrons. The van der Waals surface area contributed by atoms with Crippen molar-refractivity contribution < 1.29 is 0 Å².